The molecule has 136 valence electrons. The number of hydrogen-bond acceptors (Lipinski definition) is 6. The minimum absolute atomic E-state index is 0.306. The summed E-state index contributed by atoms with van der Waals surface area (Å²) in [6.07, 6.45) is 1.39. The number of carbonyl (C=O) groups excluding carboxylic acids is 2. The van der Waals surface area contributed by atoms with E-state index in [1.165, 1.54) is 27.5 Å². The molecule has 2 N–H and O–H groups in total. The first-order chi connectivity index (χ1) is 12.6. The first kappa shape index (κ1) is 18.8. The number of nitrogens with one attached hydrogen (secondary N) is 2. The zero-order chi connectivity index (χ0) is 18.9. The number of anilines is 1. The quantitative estimate of drug-likeness (QED) is 0.467. The van der Waals surface area contributed by atoms with Gasteiger partial charge in [-0.2, -0.15) is 5.10 Å². The van der Waals surface area contributed by atoms with E-state index in [1.54, 1.807) is 36.4 Å². The molecule has 0 aliphatic rings. The minimum Gasteiger partial charge on any atom is -0.497 e. The van der Waals surface area contributed by atoms with Crippen molar-refractivity contribution in [2.75, 3.05) is 26.6 Å². The van der Waals surface area contributed by atoms with Crippen molar-refractivity contribution in [2.45, 2.75) is 0 Å². The molecule has 8 nitrogen and oxygen atoms in total. The average Bonchev–Trinajstić information content (AvgIpc) is 2.68. The van der Waals surface area contributed by atoms with Crippen molar-refractivity contribution in [1.82, 2.24) is 5.43 Å². The molecular formula is C18H19N3O5. The van der Waals surface area contributed by atoms with Crippen LogP contribution in [0.15, 0.2) is 47.6 Å². The second-order valence-electron chi connectivity index (χ2n) is 4.96. The molecule has 26 heavy (non-hydrogen) atoms. The molecule has 0 heterocycles. The van der Waals surface area contributed by atoms with E-state index in [-0.39, 0.29) is 0 Å². The van der Waals surface area contributed by atoms with Gasteiger partial charge in [0.2, 0.25) is 0 Å². The predicted octanol–water partition coefficient (Wildman–Crippen LogP) is 1.80. The Bertz CT molecular complexity index is 820. The van der Waals surface area contributed by atoms with E-state index in [0.717, 1.165) is 0 Å². The number of hydrazone groups is 1. The number of ether oxygens (including phenoxy) is 3. The van der Waals surface area contributed by atoms with Gasteiger partial charge in [-0.25, -0.2) is 5.43 Å². The standard InChI is InChI=1S/C18H19N3O5/c1-24-13-8-9-16(26-3)14(10-13)20-17(22)18(23)21-19-11-12-6-4-5-7-15(12)25-2/h4-11H,1-3H3,(H,20,22)(H,21,23)/b19-11-. The molecular weight excluding hydrogens is 338 g/mol. The third-order valence-electron chi connectivity index (χ3n) is 3.37. The van der Waals surface area contributed by atoms with Gasteiger partial charge in [-0.3, -0.25) is 9.59 Å². The lowest BCUT2D eigenvalue weighted by Gasteiger charge is -2.11. The monoisotopic (exact) mass is 357 g/mol. The lowest BCUT2D eigenvalue weighted by Crippen LogP contribution is -2.32. The molecule has 2 amide bonds. The summed E-state index contributed by atoms with van der Waals surface area (Å²) in [7, 11) is 4.47. The Kier molecular flexibility index (Phi) is 6.55. The Morgan fingerprint density at radius 1 is 0.923 bits per heavy atom. The van der Waals surface area contributed by atoms with Crippen molar-refractivity contribution in [1.29, 1.82) is 0 Å². The van der Waals surface area contributed by atoms with Gasteiger partial charge in [0.1, 0.15) is 17.2 Å². The maximum Gasteiger partial charge on any atom is 0.329 e. The van der Waals surface area contributed by atoms with Crippen LogP contribution >= 0.6 is 0 Å². The van der Waals surface area contributed by atoms with Crippen molar-refractivity contribution < 1.29 is 23.8 Å². The van der Waals surface area contributed by atoms with Crippen molar-refractivity contribution >= 4 is 23.7 Å². The van der Waals surface area contributed by atoms with Crippen molar-refractivity contribution in [3.05, 3.63) is 48.0 Å². The van der Waals surface area contributed by atoms with E-state index in [4.69, 9.17) is 14.2 Å². The average molecular weight is 357 g/mol. The van der Waals surface area contributed by atoms with Crippen molar-refractivity contribution in [2.24, 2.45) is 5.10 Å². The number of nitrogens with zero attached hydrogens (tertiary/aromatic N) is 1. The van der Waals surface area contributed by atoms with E-state index in [9.17, 15) is 9.59 Å². The number of para-hydroxylation sites is 1. The predicted molar refractivity (Wildman–Crippen MR) is 96.9 cm³/mol. The molecule has 0 aliphatic heterocycles. The van der Waals surface area contributed by atoms with Gasteiger partial charge in [-0.05, 0) is 24.3 Å². The second kappa shape index (κ2) is 9.07. The maximum atomic E-state index is 12.0. The fourth-order valence-electron chi connectivity index (χ4n) is 2.08. The zero-order valence-corrected chi connectivity index (χ0v) is 14.6. The molecule has 0 spiro atoms. The Morgan fingerprint density at radius 2 is 1.65 bits per heavy atom. The smallest absolute Gasteiger partial charge is 0.329 e. The molecule has 2 aromatic rings. The minimum atomic E-state index is -0.930. The van der Waals surface area contributed by atoms with Gasteiger partial charge >= 0.3 is 11.8 Å². The summed E-state index contributed by atoms with van der Waals surface area (Å²) >= 11 is 0. The molecule has 2 rings (SSSR count). The summed E-state index contributed by atoms with van der Waals surface area (Å²) in [4.78, 5) is 23.9. The highest BCUT2D eigenvalue weighted by atomic mass is 16.5. The molecule has 0 saturated heterocycles. The Balaban J connectivity index is 2.02. The van der Waals surface area contributed by atoms with Gasteiger partial charge in [0, 0.05) is 11.6 Å². The van der Waals surface area contributed by atoms with E-state index in [1.807, 2.05) is 6.07 Å². The SMILES string of the molecule is COc1ccc(OC)c(NC(=O)C(=O)N/N=C\c2ccccc2OC)c1. The molecule has 0 aliphatic carbocycles. The molecule has 0 unspecified atom stereocenters. The maximum absolute atomic E-state index is 12.0. The Hall–Kier alpha value is -3.55. The van der Waals surface area contributed by atoms with Crippen LogP contribution in [0.4, 0.5) is 5.69 Å². The third-order valence-corrected chi connectivity index (χ3v) is 3.37. The van der Waals surface area contributed by atoms with Gasteiger partial charge in [0.05, 0.1) is 33.2 Å². The van der Waals surface area contributed by atoms with Crippen LogP contribution in [-0.2, 0) is 9.59 Å². The molecule has 0 aromatic heterocycles. The van der Waals surface area contributed by atoms with Crippen LogP contribution in [0.1, 0.15) is 5.56 Å². The highest BCUT2D eigenvalue weighted by Gasteiger charge is 2.16. The number of methoxy groups -OCH3 is 3. The summed E-state index contributed by atoms with van der Waals surface area (Å²) in [5.41, 5.74) is 3.12. The van der Waals surface area contributed by atoms with Gasteiger partial charge in [0.15, 0.2) is 0 Å². The largest absolute Gasteiger partial charge is 0.497 e. The second-order valence-corrected chi connectivity index (χ2v) is 4.96. The molecule has 2 aromatic carbocycles. The molecule has 0 atom stereocenters. The number of rotatable bonds is 6. The van der Waals surface area contributed by atoms with E-state index in [0.29, 0.717) is 28.5 Å². The topological polar surface area (TPSA) is 98.2 Å². The van der Waals surface area contributed by atoms with Crippen molar-refractivity contribution in [3.8, 4) is 17.2 Å². The summed E-state index contributed by atoms with van der Waals surface area (Å²) in [5.74, 6) is -0.328. The Morgan fingerprint density at radius 3 is 2.35 bits per heavy atom. The van der Waals surface area contributed by atoms with E-state index in [2.05, 4.69) is 15.8 Å². The summed E-state index contributed by atoms with van der Waals surface area (Å²) in [6.45, 7) is 0. The van der Waals surface area contributed by atoms with Crippen LogP contribution in [0.25, 0.3) is 0 Å². The summed E-state index contributed by atoms with van der Waals surface area (Å²) < 4.78 is 15.4. The molecule has 0 radical (unpaired) electrons. The Labute approximate surface area is 150 Å². The number of amides is 2. The van der Waals surface area contributed by atoms with Gasteiger partial charge in [0.25, 0.3) is 0 Å². The van der Waals surface area contributed by atoms with E-state index >= 15 is 0 Å². The van der Waals surface area contributed by atoms with Crippen LogP contribution < -0.4 is 25.0 Å². The summed E-state index contributed by atoms with van der Waals surface area (Å²) in [5, 5.41) is 6.22. The normalized spacial score (nSPS) is 10.3. The number of benzene rings is 2. The fraction of sp³-hybridized carbons (Fsp3) is 0.167. The highest BCUT2D eigenvalue weighted by Crippen LogP contribution is 2.28. The van der Waals surface area contributed by atoms with E-state index < -0.39 is 11.8 Å². The fourth-order valence-corrected chi connectivity index (χ4v) is 2.08. The lowest BCUT2D eigenvalue weighted by atomic mass is 10.2. The van der Waals surface area contributed by atoms with Gasteiger partial charge in [-0.1, -0.05) is 12.1 Å². The third kappa shape index (κ3) is 4.73. The molecule has 0 bridgehead atoms. The van der Waals surface area contributed by atoms with Crippen LogP contribution in [-0.4, -0.2) is 39.4 Å². The van der Waals surface area contributed by atoms with Crippen LogP contribution in [0.3, 0.4) is 0 Å². The van der Waals surface area contributed by atoms with Crippen LogP contribution in [0, 0.1) is 0 Å². The number of hydrogen-bond donors (Lipinski definition) is 2. The van der Waals surface area contributed by atoms with Crippen molar-refractivity contribution in [3.63, 3.8) is 0 Å². The van der Waals surface area contributed by atoms with Crippen LogP contribution in [0.5, 0.6) is 17.2 Å². The first-order valence-electron chi connectivity index (χ1n) is 7.58. The summed E-state index contributed by atoms with van der Waals surface area (Å²) in [6, 6.07) is 12.0. The number of carbonyl (C=O) groups is 2. The zero-order valence-electron chi connectivity index (χ0n) is 14.6. The molecule has 0 fully saturated rings. The van der Waals surface area contributed by atoms with Crippen LogP contribution in [0.2, 0.25) is 0 Å². The molecule has 8 heteroatoms. The first-order valence-corrected chi connectivity index (χ1v) is 7.58. The molecule has 0 saturated carbocycles. The lowest BCUT2D eigenvalue weighted by molar-refractivity contribution is -0.136. The van der Waals surface area contributed by atoms with Gasteiger partial charge in [-0.15, -0.1) is 0 Å². The highest BCUT2D eigenvalue weighted by molar-refractivity contribution is 6.39. The van der Waals surface area contributed by atoms with Gasteiger partial charge < -0.3 is 19.5 Å².